The predicted molar refractivity (Wildman–Crippen MR) is 84.1 cm³/mol. The van der Waals surface area contributed by atoms with Crippen molar-refractivity contribution in [3.63, 3.8) is 0 Å². The number of nitrogens with zero attached hydrogens (tertiary/aromatic N) is 2. The fourth-order valence-electron chi connectivity index (χ4n) is 1.86. The number of ether oxygens (including phenoxy) is 1. The summed E-state index contributed by atoms with van der Waals surface area (Å²) in [6.07, 6.45) is 0. The van der Waals surface area contributed by atoms with Crippen LogP contribution in [0.25, 0.3) is 0 Å². The third kappa shape index (κ3) is 3.49. The summed E-state index contributed by atoms with van der Waals surface area (Å²) in [5, 5.41) is 13.7. The van der Waals surface area contributed by atoms with Gasteiger partial charge in [0.05, 0.1) is 17.1 Å². The van der Waals surface area contributed by atoms with Crippen molar-refractivity contribution in [3.05, 3.63) is 50.0 Å². The van der Waals surface area contributed by atoms with Gasteiger partial charge >= 0.3 is 0 Å². The van der Waals surface area contributed by atoms with Crippen molar-refractivity contribution in [1.29, 1.82) is 0 Å². The lowest BCUT2D eigenvalue weighted by Crippen LogP contribution is -1.98. The molecule has 0 atom stereocenters. The standard InChI is InChI=1S/C14H14BrN3O3/c1-8-4-11(5-9(2)14(8)15)21-13-7-10(18(19)20)6-12(16-3)17-13/h4-7H,1-3H3,(H,16,17). The predicted octanol–water partition coefficient (Wildman–Crippen LogP) is 4.20. The van der Waals surface area contributed by atoms with Gasteiger partial charge in [0, 0.05) is 11.5 Å². The molecule has 0 unspecified atom stereocenters. The van der Waals surface area contributed by atoms with E-state index in [-0.39, 0.29) is 11.6 Å². The van der Waals surface area contributed by atoms with Gasteiger partial charge in [-0.3, -0.25) is 10.1 Å². The number of aromatic nitrogens is 1. The Morgan fingerprint density at radius 2 is 1.86 bits per heavy atom. The number of nitrogens with one attached hydrogen (secondary N) is 1. The number of rotatable bonds is 4. The number of halogens is 1. The van der Waals surface area contributed by atoms with Crippen molar-refractivity contribution in [2.24, 2.45) is 0 Å². The summed E-state index contributed by atoms with van der Waals surface area (Å²) in [4.78, 5) is 14.6. The normalized spacial score (nSPS) is 10.3. The van der Waals surface area contributed by atoms with Gasteiger partial charge in [-0.2, -0.15) is 4.98 Å². The highest BCUT2D eigenvalue weighted by atomic mass is 79.9. The fourth-order valence-corrected chi connectivity index (χ4v) is 2.09. The van der Waals surface area contributed by atoms with Crippen LogP contribution in [0.1, 0.15) is 11.1 Å². The lowest BCUT2D eigenvalue weighted by atomic mass is 10.1. The topological polar surface area (TPSA) is 77.3 Å². The van der Waals surface area contributed by atoms with Crippen molar-refractivity contribution in [2.75, 3.05) is 12.4 Å². The Morgan fingerprint density at radius 3 is 2.38 bits per heavy atom. The summed E-state index contributed by atoms with van der Waals surface area (Å²) in [7, 11) is 1.64. The molecule has 1 aromatic heterocycles. The quantitative estimate of drug-likeness (QED) is 0.659. The van der Waals surface area contributed by atoms with Crippen molar-refractivity contribution >= 4 is 27.4 Å². The van der Waals surface area contributed by atoms with E-state index < -0.39 is 4.92 Å². The van der Waals surface area contributed by atoms with E-state index in [1.807, 2.05) is 26.0 Å². The molecule has 0 saturated heterocycles. The average Bonchev–Trinajstić information content (AvgIpc) is 2.44. The molecule has 0 fully saturated rings. The first kappa shape index (κ1) is 15.2. The summed E-state index contributed by atoms with van der Waals surface area (Å²) in [5.74, 6) is 1.14. The average molecular weight is 352 g/mol. The molecule has 6 nitrogen and oxygen atoms in total. The molecule has 0 aliphatic heterocycles. The van der Waals surface area contributed by atoms with E-state index in [0.717, 1.165) is 15.6 Å². The first-order valence-corrected chi connectivity index (χ1v) is 6.99. The Balaban J connectivity index is 2.39. The minimum absolute atomic E-state index is 0.0742. The molecule has 1 N–H and O–H groups in total. The van der Waals surface area contributed by atoms with Gasteiger partial charge in [-0.1, -0.05) is 15.9 Å². The van der Waals surface area contributed by atoms with Crippen molar-refractivity contribution in [2.45, 2.75) is 13.8 Å². The number of aryl methyl sites for hydroxylation is 2. The second-order valence-corrected chi connectivity index (χ2v) is 5.32. The molecule has 0 amide bonds. The van der Waals surface area contributed by atoms with E-state index in [2.05, 4.69) is 26.2 Å². The van der Waals surface area contributed by atoms with E-state index >= 15 is 0 Å². The number of benzene rings is 1. The molecular weight excluding hydrogens is 338 g/mol. The monoisotopic (exact) mass is 351 g/mol. The van der Waals surface area contributed by atoms with Crippen LogP contribution in [-0.4, -0.2) is 17.0 Å². The second-order valence-electron chi connectivity index (χ2n) is 4.53. The maximum atomic E-state index is 10.9. The molecular formula is C14H14BrN3O3. The largest absolute Gasteiger partial charge is 0.439 e. The number of nitro groups is 1. The van der Waals surface area contributed by atoms with Gasteiger partial charge in [0.2, 0.25) is 5.88 Å². The summed E-state index contributed by atoms with van der Waals surface area (Å²) < 4.78 is 6.66. The molecule has 0 saturated carbocycles. The van der Waals surface area contributed by atoms with Crippen molar-refractivity contribution in [3.8, 4) is 11.6 Å². The lowest BCUT2D eigenvalue weighted by molar-refractivity contribution is -0.384. The fraction of sp³-hybridized carbons (Fsp3) is 0.214. The first-order chi connectivity index (χ1) is 9.90. The molecule has 0 aliphatic rings. The zero-order valence-electron chi connectivity index (χ0n) is 11.8. The van der Waals surface area contributed by atoms with Crippen molar-refractivity contribution in [1.82, 2.24) is 4.98 Å². The Hall–Kier alpha value is -2.15. The number of anilines is 1. The zero-order chi connectivity index (χ0) is 15.6. The van der Waals surface area contributed by atoms with Crippen LogP contribution >= 0.6 is 15.9 Å². The Bertz CT molecular complexity index is 681. The number of hydrogen-bond donors (Lipinski definition) is 1. The van der Waals surface area contributed by atoms with E-state index in [0.29, 0.717) is 11.6 Å². The molecule has 21 heavy (non-hydrogen) atoms. The molecule has 7 heteroatoms. The summed E-state index contributed by atoms with van der Waals surface area (Å²) >= 11 is 3.48. The Labute approximate surface area is 130 Å². The van der Waals surface area contributed by atoms with E-state index in [9.17, 15) is 10.1 Å². The Kier molecular flexibility index (Phi) is 4.42. The Morgan fingerprint density at radius 1 is 1.24 bits per heavy atom. The highest BCUT2D eigenvalue weighted by Gasteiger charge is 2.13. The lowest BCUT2D eigenvalue weighted by Gasteiger charge is -2.10. The molecule has 0 spiro atoms. The molecule has 0 bridgehead atoms. The first-order valence-electron chi connectivity index (χ1n) is 6.19. The van der Waals surface area contributed by atoms with Gasteiger partial charge in [0.25, 0.3) is 5.69 Å². The van der Waals surface area contributed by atoms with Gasteiger partial charge in [-0.05, 0) is 37.1 Å². The number of pyridine rings is 1. The van der Waals surface area contributed by atoms with Crippen LogP contribution in [0.5, 0.6) is 11.6 Å². The van der Waals surface area contributed by atoms with Crippen molar-refractivity contribution < 1.29 is 9.66 Å². The second kappa shape index (κ2) is 6.09. The smallest absolute Gasteiger partial charge is 0.278 e. The maximum Gasteiger partial charge on any atom is 0.278 e. The SMILES string of the molecule is CNc1cc([N+](=O)[O-])cc(Oc2cc(C)c(Br)c(C)c2)n1. The minimum Gasteiger partial charge on any atom is -0.439 e. The van der Waals surface area contributed by atoms with E-state index in [1.165, 1.54) is 12.1 Å². The van der Waals surface area contributed by atoms with Gasteiger partial charge < -0.3 is 10.1 Å². The van der Waals surface area contributed by atoms with Gasteiger partial charge in [0.1, 0.15) is 11.6 Å². The van der Waals surface area contributed by atoms with Gasteiger partial charge in [0.15, 0.2) is 0 Å². The molecule has 0 radical (unpaired) electrons. The molecule has 1 aromatic carbocycles. The highest BCUT2D eigenvalue weighted by Crippen LogP contribution is 2.30. The van der Waals surface area contributed by atoms with Crippen LogP contribution in [-0.2, 0) is 0 Å². The summed E-state index contributed by atoms with van der Waals surface area (Å²) in [5.41, 5.74) is 1.96. The van der Waals surface area contributed by atoms with E-state index in [1.54, 1.807) is 7.05 Å². The summed E-state index contributed by atoms with van der Waals surface area (Å²) in [6.45, 7) is 3.90. The van der Waals surface area contributed by atoms with Gasteiger partial charge in [-0.15, -0.1) is 0 Å². The molecule has 110 valence electrons. The number of hydrogen-bond acceptors (Lipinski definition) is 5. The van der Waals surface area contributed by atoms with Crippen LogP contribution in [0.3, 0.4) is 0 Å². The van der Waals surface area contributed by atoms with E-state index in [4.69, 9.17) is 4.74 Å². The zero-order valence-corrected chi connectivity index (χ0v) is 13.4. The third-order valence-electron chi connectivity index (χ3n) is 2.89. The van der Waals surface area contributed by atoms with Crippen LogP contribution in [0.4, 0.5) is 11.5 Å². The molecule has 1 heterocycles. The van der Waals surface area contributed by atoms with Gasteiger partial charge in [-0.25, -0.2) is 0 Å². The maximum absolute atomic E-state index is 10.9. The summed E-state index contributed by atoms with van der Waals surface area (Å²) in [6, 6.07) is 6.34. The molecule has 2 rings (SSSR count). The van der Waals surface area contributed by atoms with Crippen LogP contribution in [0.15, 0.2) is 28.7 Å². The minimum atomic E-state index is -0.479. The van der Waals surface area contributed by atoms with Crippen LogP contribution in [0.2, 0.25) is 0 Å². The van der Waals surface area contributed by atoms with Crippen LogP contribution in [0, 0.1) is 24.0 Å². The highest BCUT2D eigenvalue weighted by molar-refractivity contribution is 9.10. The third-order valence-corrected chi connectivity index (χ3v) is 4.14. The molecule has 0 aliphatic carbocycles. The molecule has 2 aromatic rings. The van der Waals surface area contributed by atoms with Crippen LogP contribution < -0.4 is 10.1 Å².